The second-order valence-electron chi connectivity index (χ2n) is 6.49. The van der Waals surface area contributed by atoms with Gasteiger partial charge in [-0.1, -0.05) is 32.4 Å². The summed E-state index contributed by atoms with van der Waals surface area (Å²) in [4.78, 5) is 23.5. The highest BCUT2D eigenvalue weighted by Gasteiger charge is 2.51. The molecular formula is C16H24O3. The highest BCUT2D eigenvalue weighted by Crippen LogP contribution is 2.54. The van der Waals surface area contributed by atoms with Crippen LogP contribution in [0.15, 0.2) is 11.6 Å². The Hall–Kier alpha value is -0.960. The van der Waals surface area contributed by atoms with Crippen molar-refractivity contribution in [2.24, 2.45) is 29.6 Å². The molecule has 5 unspecified atom stereocenters. The van der Waals surface area contributed by atoms with Crippen LogP contribution in [0.4, 0.5) is 0 Å². The van der Waals surface area contributed by atoms with Crippen molar-refractivity contribution < 1.29 is 14.7 Å². The van der Waals surface area contributed by atoms with Gasteiger partial charge >= 0.3 is 0 Å². The molecule has 0 spiro atoms. The molecule has 1 N–H and O–H groups in total. The van der Waals surface area contributed by atoms with Gasteiger partial charge in [0.1, 0.15) is 0 Å². The Morgan fingerprint density at radius 2 is 1.79 bits per heavy atom. The maximum atomic E-state index is 11.8. The molecule has 0 heterocycles. The van der Waals surface area contributed by atoms with Crippen LogP contribution in [-0.2, 0) is 9.59 Å². The lowest BCUT2D eigenvalue weighted by Gasteiger charge is -2.35. The molecule has 0 amide bonds. The minimum absolute atomic E-state index is 0.410. The Balaban J connectivity index is 2.34. The summed E-state index contributed by atoms with van der Waals surface area (Å²) in [6.45, 7) is 8.91. The molecule has 0 aromatic carbocycles. The van der Waals surface area contributed by atoms with E-state index in [1.54, 1.807) is 0 Å². The third-order valence-corrected chi connectivity index (χ3v) is 5.70. The zero-order chi connectivity index (χ0) is 14.5. The van der Waals surface area contributed by atoms with Crippen LogP contribution in [0.1, 0.15) is 41.0 Å². The molecular weight excluding hydrogens is 240 g/mol. The number of carbonyl (C=O) groups excluding carboxylic acids is 2. The third-order valence-electron chi connectivity index (χ3n) is 5.70. The van der Waals surface area contributed by atoms with Gasteiger partial charge in [-0.25, -0.2) is 0 Å². The van der Waals surface area contributed by atoms with E-state index in [1.807, 2.05) is 6.92 Å². The van der Waals surface area contributed by atoms with Gasteiger partial charge in [0.2, 0.25) is 0 Å². The molecule has 0 radical (unpaired) electrons. The lowest BCUT2D eigenvalue weighted by atomic mass is 9.70. The molecule has 2 rings (SSSR count). The van der Waals surface area contributed by atoms with Crippen LogP contribution in [0.25, 0.3) is 0 Å². The second kappa shape index (κ2) is 4.55. The highest BCUT2D eigenvalue weighted by molar-refractivity contribution is 6.08. The van der Waals surface area contributed by atoms with Gasteiger partial charge in [-0.2, -0.15) is 0 Å². The summed E-state index contributed by atoms with van der Waals surface area (Å²) in [6, 6.07) is 0. The maximum Gasteiger partial charge on any atom is 0.186 e. The van der Waals surface area contributed by atoms with E-state index in [9.17, 15) is 14.7 Å². The van der Waals surface area contributed by atoms with E-state index in [0.717, 1.165) is 12.0 Å². The molecule has 5 atom stereocenters. The van der Waals surface area contributed by atoms with Crippen LogP contribution in [0.2, 0.25) is 0 Å². The third kappa shape index (κ3) is 1.90. The molecule has 2 aliphatic carbocycles. The summed E-state index contributed by atoms with van der Waals surface area (Å²) in [5.74, 6) is 0.876. The molecule has 2 bridgehead atoms. The zero-order valence-electron chi connectivity index (χ0n) is 12.4. The standard InChI is InChI=1S/C16H24O3/c1-8-9(2)14-6-13(8)7-15(14)10(3)16(19,11(4)17)12(5)18/h7-10,13-14,19H,6H2,1-5H3. The van der Waals surface area contributed by atoms with Crippen molar-refractivity contribution in [1.82, 2.24) is 0 Å². The zero-order valence-corrected chi connectivity index (χ0v) is 12.4. The van der Waals surface area contributed by atoms with Crippen LogP contribution in [-0.4, -0.2) is 22.3 Å². The molecule has 19 heavy (non-hydrogen) atoms. The molecule has 2 aliphatic rings. The van der Waals surface area contributed by atoms with Crippen LogP contribution in [0, 0.1) is 29.6 Å². The molecule has 1 saturated carbocycles. The number of carbonyl (C=O) groups is 2. The first-order chi connectivity index (χ1) is 8.71. The van der Waals surface area contributed by atoms with Crippen molar-refractivity contribution in [2.75, 3.05) is 0 Å². The van der Waals surface area contributed by atoms with Gasteiger partial charge < -0.3 is 5.11 Å². The van der Waals surface area contributed by atoms with Gasteiger partial charge in [-0.15, -0.1) is 0 Å². The van der Waals surface area contributed by atoms with E-state index in [2.05, 4.69) is 19.9 Å². The molecule has 0 aliphatic heterocycles. The highest BCUT2D eigenvalue weighted by atomic mass is 16.3. The molecule has 0 aromatic heterocycles. The van der Waals surface area contributed by atoms with Gasteiger partial charge in [0, 0.05) is 5.92 Å². The number of hydrogen-bond donors (Lipinski definition) is 1. The first-order valence-corrected chi connectivity index (χ1v) is 7.17. The fourth-order valence-corrected chi connectivity index (χ4v) is 4.07. The maximum absolute atomic E-state index is 11.8. The van der Waals surface area contributed by atoms with Gasteiger partial charge in [-0.05, 0) is 43.9 Å². The van der Waals surface area contributed by atoms with Crippen molar-refractivity contribution in [3.8, 4) is 0 Å². The average molecular weight is 264 g/mol. The number of ketones is 2. The predicted octanol–water partition coefficient (Wildman–Crippen LogP) is 2.38. The van der Waals surface area contributed by atoms with E-state index < -0.39 is 23.1 Å². The summed E-state index contributed by atoms with van der Waals surface area (Å²) in [7, 11) is 0. The van der Waals surface area contributed by atoms with Crippen LogP contribution in [0.5, 0.6) is 0 Å². The fourth-order valence-electron chi connectivity index (χ4n) is 4.07. The van der Waals surface area contributed by atoms with E-state index in [1.165, 1.54) is 13.8 Å². The Bertz CT molecular complexity index is 435. The molecule has 0 saturated heterocycles. The quantitative estimate of drug-likeness (QED) is 0.626. The number of hydrogen-bond acceptors (Lipinski definition) is 3. The van der Waals surface area contributed by atoms with Crippen molar-refractivity contribution in [1.29, 1.82) is 0 Å². The first kappa shape index (κ1) is 14.4. The molecule has 1 fully saturated rings. The first-order valence-electron chi connectivity index (χ1n) is 7.17. The number of aliphatic hydroxyl groups is 1. The van der Waals surface area contributed by atoms with Crippen LogP contribution >= 0.6 is 0 Å². The number of allylic oxidation sites excluding steroid dienone is 1. The molecule has 3 nitrogen and oxygen atoms in total. The normalized spacial score (nSPS) is 35.2. The Kier molecular flexibility index (Phi) is 3.46. The van der Waals surface area contributed by atoms with Gasteiger partial charge in [0.05, 0.1) is 0 Å². The van der Waals surface area contributed by atoms with Crippen LogP contribution < -0.4 is 0 Å². The van der Waals surface area contributed by atoms with Gasteiger partial charge in [0.25, 0.3) is 0 Å². The van der Waals surface area contributed by atoms with Crippen molar-refractivity contribution in [3.05, 3.63) is 11.6 Å². The molecule has 3 heteroatoms. The summed E-state index contributed by atoms with van der Waals surface area (Å²) in [5, 5.41) is 10.5. The molecule has 0 aromatic rings. The van der Waals surface area contributed by atoms with Gasteiger partial charge in [-0.3, -0.25) is 9.59 Å². The van der Waals surface area contributed by atoms with E-state index in [4.69, 9.17) is 0 Å². The van der Waals surface area contributed by atoms with Crippen molar-refractivity contribution >= 4 is 11.6 Å². The average Bonchev–Trinajstić information content (AvgIpc) is 2.88. The second-order valence-corrected chi connectivity index (χ2v) is 6.49. The summed E-state index contributed by atoms with van der Waals surface area (Å²) >= 11 is 0. The van der Waals surface area contributed by atoms with Crippen molar-refractivity contribution in [2.45, 2.75) is 46.6 Å². The predicted molar refractivity (Wildman–Crippen MR) is 73.5 cm³/mol. The summed E-state index contributed by atoms with van der Waals surface area (Å²) < 4.78 is 0. The van der Waals surface area contributed by atoms with E-state index >= 15 is 0 Å². The summed E-state index contributed by atoms with van der Waals surface area (Å²) in [6.07, 6.45) is 3.31. The molecule has 106 valence electrons. The van der Waals surface area contributed by atoms with Gasteiger partial charge in [0.15, 0.2) is 17.2 Å². The topological polar surface area (TPSA) is 54.4 Å². The lowest BCUT2D eigenvalue weighted by molar-refractivity contribution is -0.152. The number of fused-ring (bicyclic) bond motifs is 2. The number of Topliss-reactive ketones (excluding diaryl/α,β-unsaturated/α-hetero) is 2. The number of rotatable bonds is 4. The van der Waals surface area contributed by atoms with Crippen molar-refractivity contribution in [3.63, 3.8) is 0 Å². The minimum atomic E-state index is -1.85. The largest absolute Gasteiger partial charge is 0.374 e. The minimum Gasteiger partial charge on any atom is -0.374 e. The van der Waals surface area contributed by atoms with E-state index in [-0.39, 0.29) is 0 Å². The van der Waals surface area contributed by atoms with E-state index in [0.29, 0.717) is 23.7 Å². The Labute approximate surface area is 115 Å². The monoisotopic (exact) mass is 264 g/mol. The Morgan fingerprint density at radius 1 is 1.26 bits per heavy atom. The lowest BCUT2D eigenvalue weighted by Crippen LogP contribution is -2.51. The van der Waals surface area contributed by atoms with Crippen LogP contribution in [0.3, 0.4) is 0 Å². The summed E-state index contributed by atoms with van der Waals surface area (Å²) in [5.41, 5.74) is -0.734. The Morgan fingerprint density at radius 3 is 2.16 bits per heavy atom. The smallest absolute Gasteiger partial charge is 0.186 e. The fraction of sp³-hybridized carbons (Fsp3) is 0.750. The SMILES string of the molecule is CC(=O)C(O)(C(C)=O)C(C)C1=CC2CC1C(C)C2C.